The first-order valence-electron chi connectivity index (χ1n) is 5.97. The second-order valence-corrected chi connectivity index (χ2v) is 5.50. The molecule has 0 unspecified atom stereocenters. The Morgan fingerprint density at radius 3 is 2.74 bits per heavy atom. The van der Waals surface area contributed by atoms with Crippen LogP contribution in [0.15, 0.2) is 21.7 Å². The molecule has 0 bridgehead atoms. The third kappa shape index (κ3) is 3.18. The molecule has 0 spiro atoms. The Kier molecular flexibility index (Phi) is 5.00. The lowest BCUT2D eigenvalue weighted by Gasteiger charge is -2.19. The maximum Gasteiger partial charge on any atom is 0.204 e. The highest BCUT2D eigenvalue weighted by molar-refractivity contribution is 9.13. The van der Waals surface area contributed by atoms with E-state index in [1.54, 1.807) is 12.5 Å². The Bertz CT molecular complexity index is 533. The van der Waals surface area contributed by atoms with Crippen LogP contribution < -0.4 is 4.90 Å². The molecule has 0 aliphatic heterocycles. The summed E-state index contributed by atoms with van der Waals surface area (Å²) in [6, 6.07) is 0. The average Bonchev–Trinajstić information content (AvgIpc) is 2.98. The van der Waals surface area contributed by atoms with Gasteiger partial charge in [0, 0.05) is 13.1 Å². The van der Waals surface area contributed by atoms with Gasteiger partial charge in [-0.2, -0.15) is 0 Å². The van der Waals surface area contributed by atoms with E-state index in [4.69, 9.17) is 5.11 Å². The minimum absolute atomic E-state index is 0.107. The largest absolute Gasteiger partial charge is 0.395 e. The van der Waals surface area contributed by atoms with Crippen LogP contribution in [-0.2, 0) is 0 Å². The Balaban J connectivity index is 2.24. The van der Waals surface area contributed by atoms with Crippen molar-refractivity contribution in [3.63, 3.8) is 0 Å². The maximum absolute atomic E-state index is 9.08. The van der Waals surface area contributed by atoms with E-state index >= 15 is 0 Å². The molecule has 0 radical (unpaired) electrons. The van der Waals surface area contributed by atoms with Crippen molar-refractivity contribution in [1.82, 2.24) is 19.5 Å². The van der Waals surface area contributed by atoms with Crippen LogP contribution in [0, 0.1) is 0 Å². The standard InChI is InChI=1S/C11H15Br2N5O/c1-2-3-17(4-5-19)11-14-6-8(16-11)18-7-15-9(12)10(18)13/h6-7,19H,2-5H2,1H3,(H,14,16). The molecular formula is C11H15Br2N5O. The summed E-state index contributed by atoms with van der Waals surface area (Å²) in [7, 11) is 0. The van der Waals surface area contributed by atoms with Crippen molar-refractivity contribution in [3.05, 3.63) is 21.7 Å². The highest BCUT2D eigenvalue weighted by Crippen LogP contribution is 2.24. The third-order valence-corrected chi connectivity index (χ3v) is 4.51. The molecule has 0 aromatic carbocycles. The molecule has 0 saturated heterocycles. The molecule has 2 N–H and O–H groups in total. The quantitative estimate of drug-likeness (QED) is 0.791. The third-order valence-electron chi connectivity index (χ3n) is 2.64. The summed E-state index contributed by atoms with van der Waals surface area (Å²) >= 11 is 6.79. The summed E-state index contributed by atoms with van der Waals surface area (Å²) in [5, 5.41) is 9.08. The van der Waals surface area contributed by atoms with Crippen LogP contribution in [0.5, 0.6) is 0 Å². The molecule has 104 valence electrons. The van der Waals surface area contributed by atoms with Crippen LogP contribution in [0.25, 0.3) is 5.82 Å². The lowest BCUT2D eigenvalue weighted by Crippen LogP contribution is -2.28. The van der Waals surface area contributed by atoms with Crippen molar-refractivity contribution in [2.75, 3.05) is 24.6 Å². The predicted molar refractivity (Wildman–Crippen MR) is 80.7 cm³/mol. The van der Waals surface area contributed by atoms with Gasteiger partial charge in [-0.05, 0) is 38.3 Å². The zero-order valence-electron chi connectivity index (χ0n) is 10.5. The Labute approximate surface area is 128 Å². The van der Waals surface area contributed by atoms with Gasteiger partial charge in [-0.25, -0.2) is 9.97 Å². The number of nitrogens with one attached hydrogen (secondary N) is 1. The lowest BCUT2D eigenvalue weighted by molar-refractivity contribution is 0.301. The molecule has 6 nitrogen and oxygen atoms in total. The minimum atomic E-state index is 0.107. The minimum Gasteiger partial charge on any atom is -0.395 e. The van der Waals surface area contributed by atoms with E-state index in [0.717, 1.165) is 33.9 Å². The molecular weight excluding hydrogens is 378 g/mol. The fourth-order valence-electron chi connectivity index (χ4n) is 1.78. The van der Waals surface area contributed by atoms with Gasteiger partial charge in [-0.15, -0.1) is 0 Å². The van der Waals surface area contributed by atoms with Gasteiger partial charge in [-0.3, -0.25) is 4.57 Å². The Hall–Kier alpha value is -0.860. The van der Waals surface area contributed by atoms with Crippen LogP contribution in [0.3, 0.4) is 0 Å². The van der Waals surface area contributed by atoms with E-state index in [2.05, 4.69) is 53.7 Å². The fourth-order valence-corrected chi connectivity index (χ4v) is 2.45. The second-order valence-electron chi connectivity index (χ2n) is 4.00. The van der Waals surface area contributed by atoms with Crippen LogP contribution in [0.1, 0.15) is 13.3 Å². The molecule has 0 amide bonds. The highest BCUT2D eigenvalue weighted by atomic mass is 79.9. The maximum atomic E-state index is 9.08. The van der Waals surface area contributed by atoms with Gasteiger partial charge in [0.1, 0.15) is 21.4 Å². The molecule has 0 saturated carbocycles. The number of H-pyrrole nitrogens is 1. The number of anilines is 1. The summed E-state index contributed by atoms with van der Waals surface area (Å²) in [5.74, 6) is 1.57. The van der Waals surface area contributed by atoms with Gasteiger partial charge in [0.25, 0.3) is 0 Å². The van der Waals surface area contributed by atoms with Crippen molar-refractivity contribution < 1.29 is 5.11 Å². The van der Waals surface area contributed by atoms with Crippen molar-refractivity contribution in [3.8, 4) is 5.82 Å². The Morgan fingerprint density at radius 2 is 2.16 bits per heavy atom. The van der Waals surface area contributed by atoms with E-state index < -0.39 is 0 Å². The number of halogens is 2. The number of hydrogen-bond acceptors (Lipinski definition) is 4. The van der Waals surface area contributed by atoms with Gasteiger partial charge in [-0.1, -0.05) is 6.92 Å². The van der Waals surface area contributed by atoms with Crippen molar-refractivity contribution in [2.24, 2.45) is 0 Å². The average molecular weight is 393 g/mol. The number of aliphatic hydroxyl groups is 1. The summed E-state index contributed by atoms with van der Waals surface area (Å²) in [6.45, 7) is 3.62. The van der Waals surface area contributed by atoms with Crippen molar-refractivity contribution in [2.45, 2.75) is 13.3 Å². The first-order valence-corrected chi connectivity index (χ1v) is 7.55. The SMILES string of the molecule is CCCN(CCO)c1ncc(-n2cnc(Br)c2Br)[nH]1. The molecule has 2 aromatic heterocycles. The van der Waals surface area contributed by atoms with Crippen LogP contribution >= 0.6 is 31.9 Å². The number of rotatable bonds is 6. The van der Waals surface area contributed by atoms with Gasteiger partial charge >= 0.3 is 0 Å². The lowest BCUT2D eigenvalue weighted by atomic mass is 10.4. The van der Waals surface area contributed by atoms with E-state index in [1.165, 1.54) is 0 Å². The van der Waals surface area contributed by atoms with Gasteiger partial charge < -0.3 is 15.0 Å². The van der Waals surface area contributed by atoms with E-state index in [0.29, 0.717) is 6.54 Å². The number of aliphatic hydroxyl groups excluding tert-OH is 1. The summed E-state index contributed by atoms with van der Waals surface area (Å²) in [5.41, 5.74) is 0. The van der Waals surface area contributed by atoms with Gasteiger partial charge in [0.05, 0.1) is 12.8 Å². The molecule has 2 aromatic rings. The first-order chi connectivity index (χ1) is 9.17. The van der Waals surface area contributed by atoms with Crippen LogP contribution in [0.4, 0.5) is 5.95 Å². The van der Waals surface area contributed by atoms with E-state index in [9.17, 15) is 0 Å². The van der Waals surface area contributed by atoms with Gasteiger partial charge in [0.2, 0.25) is 5.95 Å². The predicted octanol–water partition coefficient (Wildman–Crippen LogP) is 2.33. The number of nitrogens with zero attached hydrogens (tertiary/aromatic N) is 4. The second kappa shape index (κ2) is 6.53. The molecule has 8 heteroatoms. The zero-order chi connectivity index (χ0) is 13.8. The zero-order valence-corrected chi connectivity index (χ0v) is 13.6. The van der Waals surface area contributed by atoms with Crippen LogP contribution in [0.2, 0.25) is 0 Å². The topological polar surface area (TPSA) is 70.0 Å². The number of hydrogen-bond donors (Lipinski definition) is 2. The normalized spacial score (nSPS) is 10.9. The molecule has 0 aliphatic rings. The fraction of sp³-hybridized carbons (Fsp3) is 0.455. The number of aromatic nitrogens is 4. The molecule has 2 heterocycles. The van der Waals surface area contributed by atoms with E-state index in [1.807, 2.05) is 9.47 Å². The monoisotopic (exact) mass is 391 g/mol. The Morgan fingerprint density at radius 1 is 1.37 bits per heavy atom. The number of aromatic amines is 1. The molecule has 2 rings (SSSR count). The number of imidazole rings is 2. The summed E-state index contributed by atoms with van der Waals surface area (Å²) in [4.78, 5) is 13.8. The highest BCUT2D eigenvalue weighted by Gasteiger charge is 2.12. The summed E-state index contributed by atoms with van der Waals surface area (Å²) in [6.07, 6.45) is 4.44. The molecule has 19 heavy (non-hydrogen) atoms. The van der Waals surface area contributed by atoms with E-state index in [-0.39, 0.29) is 6.61 Å². The molecule has 0 fully saturated rings. The van der Waals surface area contributed by atoms with Crippen molar-refractivity contribution in [1.29, 1.82) is 0 Å². The molecule has 0 atom stereocenters. The van der Waals surface area contributed by atoms with Gasteiger partial charge in [0.15, 0.2) is 0 Å². The smallest absolute Gasteiger partial charge is 0.204 e. The van der Waals surface area contributed by atoms with Crippen LogP contribution in [-0.4, -0.2) is 44.3 Å². The van der Waals surface area contributed by atoms with Crippen molar-refractivity contribution >= 4 is 37.8 Å². The summed E-state index contributed by atoms with van der Waals surface area (Å²) < 4.78 is 3.42. The molecule has 0 aliphatic carbocycles. The first kappa shape index (κ1) is 14.5.